The van der Waals surface area contributed by atoms with Gasteiger partial charge in [-0.3, -0.25) is 0 Å². The molecule has 3 rings (SSSR count). The third kappa shape index (κ3) is 3.72. The number of phenolic OH excluding ortho intramolecular Hbond substituents is 1. The molecule has 1 aromatic heterocycles. The second-order valence-corrected chi connectivity index (χ2v) is 5.34. The Hall–Kier alpha value is -2.86. The lowest BCUT2D eigenvalue weighted by atomic mass is 10.1. The maximum Gasteiger partial charge on any atom is 0.143 e. The minimum atomic E-state index is 0.159. The van der Waals surface area contributed by atoms with E-state index in [0.717, 1.165) is 36.1 Å². The van der Waals surface area contributed by atoms with Gasteiger partial charge in [0.25, 0.3) is 0 Å². The first-order valence-corrected chi connectivity index (χ1v) is 7.85. The Morgan fingerprint density at radius 2 is 1.88 bits per heavy atom. The zero-order valence-corrected chi connectivity index (χ0v) is 13.4. The molecule has 0 saturated carbocycles. The molecule has 6 nitrogen and oxygen atoms in total. The lowest BCUT2D eigenvalue weighted by Gasteiger charge is -2.08. The minimum absolute atomic E-state index is 0.159. The standard InChI is InChI=1S/C18H20N4O2/c1-2-24-12-11-19-10-9-14-7-8-18(23)17(13-14)22-20-15-5-3-4-6-16(15)21-22/h2-8,13,19,23H,1,9-12H2. The summed E-state index contributed by atoms with van der Waals surface area (Å²) in [5, 5.41) is 22.3. The van der Waals surface area contributed by atoms with Crippen LogP contribution in [0.25, 0.3) is 16.7 Å². The fraction of sp³-hybridized carbons (Fsp3) is 0.222. The van der Waals surface area contributed by atoms with Crippen molar-refractivity contribution >= 4 is 11.0 Å². The molecule has 0 aliphatic carbocycles. The van der Waals surface area contributed by atoms with Crippen molar-refractivity contribution in [3.63, 3.8) is 0 Å². The molecule has 124 valence electrons. The quantitative estimate of drug-likeness (QED) is 0.492. The molecule has 0 bridgehead atoms. The number of aromatic hydroxyl groups is 1. The van der Waals surface area contributed by atoms with Crippen LogP contribution in [0.15, 0.2) is 55.3 Å². The number of ether oxygens (including phenoxy) is 1. The molecule has 0 amide bonds. The Morgan fingerprint density at radius 3 is 2.58 bits per heavy atom. The van der Waals surface area contributed by atoms with Crippen molar-refractivity contribution in [3.05, 3.63) is 60.9 Å². The summed E-state index contributed by atoms with van der Waals surface area (Å²) in [5.74, 6) is 0.159. The van der Waals surface area contributed by atoms with Gasteiger partial charge in [-0.15, -0.1) is 15.0 Å². The van der Waals surface area contributed by atoms with E-state index in [-0.39, 0.29) is 5.75 Å². The molecule has 1 heterocycles. The molecular formula is C18H20N4O2. The van der Waals surface area contributed by atoms with Crippen LogP contribution in [0.2, 0.25) is 0 Å². The summed E-state index contributed by atoms with van der Waals surface area (Å²) in [6.07, 6.45) is 2.27. The van der Waals surface area contributed by atoms with E-state index in [4.69, 9.17) is 4.74 Å². The molecular weight excluding hydrogens is 304 g/mol. The van der Waals surface area contributed by atoms with Gasteiger partial charge in [0, 0.05) is 6.54 Å². The van der Waals surface area contributed by atoms with Crippen LogP contribution in [0.3, 0.4) is 0 Å². The number of nitrogens with zero attached hydrogens (tertiary/aromatic N) is 3. The van der Waals surface area contributed by atoms with Crippen LogP contribution in [0.5, 0.6) is 5.75 Å². The van der Waals surface area contributed by atoms with Gasteiger partial charge in [0.05, 0.1) is 12.9 Å². The first-order chi connectivity index (χ1) is 11.8. The maximum absolute atomic E-state index is 10.1. The van der Waals surface area contributed by atoms with Gasteiger partial charge in [-0.2, -0.15) is 0 Å². The van der Waals surface area contributed by atoms with Crippen molar-refractivity contribution in [2.45, 2.75) is 6.42 Å². The molecule has 0 fully saturated rings. The Kier molecular flexibility index (Phi) is 5.08. The van der Waals surface area contributed by atoms with Gasteiger partial charge in [-0.25, -0.2) is 0 Å². The van der Waals surface area contributed by atoms with Crippen molar-refractivity contribution in [3.8, 4) is 11.4 Å². The van der Waals surface area contributed by atoms with Crippen molar-refractivity contribution in [1.29, 1.82) is 0 Å². The number of phenols is 1. The summed E-state index contributed by atoms with van der Waals surface area (Å²) in [5.41, 5.74) is 3.28. The van der Waals surface area contributed by atoms with E-state index in [2.05, 4.69) is 22.1 Å². The highest BCUT2D eigenvalue weighted by molar-refractivity contribution is 5.73. The minimum Gasteiger partial charge on any atom is -0.506 e. The van der Waals surface area contributed by atoms with E-state index in [1.165, 1.54) is 11.1 Å². The number of benzene rings is 2. The summed E-state index contributed by atoms with van der Waals surface area (Å²) in [6, 6.07) is 13.1. The van der Waals surface area contributed by atoms with Gasteiger partial charge in [0.2, 0.25) is 0 Å². The monoisotopic (exact) mass is 324 g/mol. The highest BCUT2D eigenvalue weighted by Crippen LogP contribution is 2.23. The van der Waals surface area contributed by atoms with E-state index >= 15 is 0 Å². The van der Waals surface area contributed by atoms with Crippen molar-refractivity contribution in [2.24, 2.45) is 0 Å². The molecule has 0 saturated heterocycles. The number of rotatable bonds is 8. The van der Waals surface area contributed by atoms with Gasteiger partial charge in [-0.1, -0.05) is 24.8 Å². The number of fused-ring (bicyclic) bond motifs is 1. The van der Waals surface area contributed by atoms with Gasteiger partial charge < -0.3 is 15.2 Å². The van der Waals surface area contributed by atoms with Crippen LogP contribution in [0, 0.1) is 0 Å². The number of hydrogen-bond donors (Lipinski definition) is 2. The highest BCUT2D eigenvalue weighted by atomic mass is 16.5. The van der Waals surface area contributed by atoms with Crippen molar-refractivity contribution in [2.75, 3.05) is 19.7 Å². The van der Waals surface area contributed by atoms with Gasteiger partial charge in [0.15, 0.2) is 0 Å². The average Bonchev–Trinajstić information content (AvgIpc) is 3.03. The largest absolute Gasteiger partial charge is 0.506 e. The molecule has 0 unspecified atom stereocenters. The zero-order valence-electron chi connectivity index (χ0n) is 13.4. The smallest absolute Gasteiger partial charge is 0.143 e. The summed E-state index contributed by atoms with van der Waals surface area (Å²) >= 11 is 0. The van der Waals surface area contributed by atoms with Crippen molar-refractivity contribution < 1.29 is 9.84 Å². The Labute approximate surface area is 140 Å². The number of aromatic nitrogens is 3. The third-order valence-electron chi connectivity index (χ3n) is 3.65. The first kappa shape index (κ1) is 16.0. The van der Waals surface area contributed by atoms with Crippen LogP contribution in [0.4, 0.5) is 0 Å². The molecule has 3 aromatic rings. The Balaban J connectivity index is 1.70. The van der Waals surface area contributed by atoms with E-state index < -0.39 is 0 Å². The summed E-state index contributed by atoms with van der Waals surface area (Å²) in [6.45, 7) is 5.69. The Morgan fingerprint density at radius 1 is 1.12 bits per heavy atom. The lowest BCUT2D eigenvalue weighted by Crippen LogP contribution is -2.21. The van der Waals surface area contributed by atoms with Crippen LogP contribution >= 0.6 is 0 Å². The molecule has 0 radical (unpaired) electrons. The molecule has 0 aliphatic rings. The van der Waals surface area contributed by atoms with Crippen LogP contribution in [-0.2, 0) is 11.2 Å². The summed E-state index contributed by atoms with van der Waals surface area (Å²) in [7, 11) is 0. The van der Waals surface area contributed by atoms with E-state index in [1.54, 1.807) is 6.07 Å². The maximum atomic E-state index is 10.1. The number of nitrogens with one attached hydrogen (secondary N) is 1. The predicted octanol–water partition coefficient (Wildman–Crippen LogP) is 2.42. The topological polar surface area (TPSA) is 72.2 Å². The predicted molar refractivity (Wildman–Crippen MR) is 93.3 cm³/mol. The van der Waals surface area contributed by atoms with Gasteiger partial charge >= 0.3 is 0 Å². The molecule has 24 heavy (non-hydrogen) atoms. The third-order valence-corrected chi connectivity index (χ3v) is 3.65. The first-order valence-electron chi connectivity index (χ1n) is 7.85. The molecule has 2 aromatic carbocycles. The molecule has 0 spiro atoms. The van der Waals surface area contributed by atoms with E-state index in [1.807, 2.05) is 36.4 Å². The molecule has 0 aliphatic heterocycles. The SMILES string of the molecule is C=COCCNCCc1ccc(O)c(-n2nc3ccccc3n2)c1. The summed E-state index contributed by atoms with van der Waals surface area (Å²) < 4.78 is 5.06. The second-order valence-electron chi connectivity index (χ2n) is 5.34. The zero-order chi connectivity index (χ0) is 16.8. The fourth-order valence-electron chi connectivity index (χ4n) is 2.42. The van der Waals surface area contributed by atoms with Gasteiger partial charge in [-0.05, 0) is 42.8 Å². The lowest BCUT2D eigenvalue weighted by molar-refractivity contribution is 0.250. The van der Waals surface area contributed by atoms with Crippen LogP contribution < -0.4 is 5.32 Å². The molecule has 6 heteroatoms. The van der Waals surface area contributed by atoms with Gasteiger partial charge in [0.1, 0.15) is 22.5 Å². The highest BCUT2D eigenvalue weighted by Gasteiger charge is 2.09. The fourth-order valence-corrected chi connectivity index (χ4v) is 2.42. The van der Waals surface area contributed by atoms with E-state index in [0.29, 0.717) is 12.3 Å². The van der Waals surface area contributed by atoms with Crippen LogP contribution in [0.1, 0.15) is 5.56 Å². The molecule has 2 N–H and O–H groups in total. The second kappa shape index (κ2) is 7.61. The molecule has 0 atom stereocenters. The normalized spacial score (nSPS) is 10.8. The number of hydrogen-bond acceptors (Lipinski definition) is 5. The summed E-state index contributed by atoms with van der Waals surface area (Å²) in [4.78, 5) is 1.48. The van der Waals surface area contributed by atoms with Crippen molar-refractivity contribution in [1.82, 2.24) is 20.3 Å². The van der Waals surface area contributed by atoms with Crippen LogP contribution in [-0.4, -0.2) is 39.8 Å². The average molecular weight is 324 g/mol. The Bertz CT molecular complexity index is 796. The van der Waals surface area contributed by atoms with E-state index in [9.17, 15) is 5.11 Å².